The second kappa shape index (κ2) is 12.0. The lowest BCUT2D eigenvalue weighted by atomic mass is 10.2. The van der Waals surface area contributed by atoms with Gasteiger partial charge >= 0.3 is 5.97 Å². The van der Waals surface area contributed by atoms with Crippen LogP contribution in [0.1, 0.15) is 31.8 Å². The molecule has 1 N–H and O–H groups in total. The van der Waals surface area contributed by atoms with Crippen LogP contribution >= 0.6 is 0 Å². The SMILES string of the molecule is COc1ccc(C(=O)Oc2ccc(/C=N/NC(=O)c3ccc(OCc4ccccc4)cc3)cc2)cc1. The van der Waals surface area contributed by atoms with Gasteiger partial charge in [-0.25, -0.2) is 10.2 Å². The first-order valence-electron chi connectivity index (χ1n) is 11.2. The fourth-order valence-electron chi connectivity index (χ4n) is 3.19. The molecular formula is C29H24N2O5. The molecule has 4 aromatic carbocycles. The number of hydrazone groups is 1. The highest BCUT2D eigenvalue weighted by Gasteiger charge is 2.09. The first-order valence-corrected chi connectivity index (χ1v) is 11.2. The third-order valence-corrected chi connectivity index (χ3v) is 5.16. The molecule has 1 amide bonds. The van der Waals surface area contributed by atoms with Crippen LogP contribution in [0.15, 0.2) is 108 Å². The molecule has 36 heavy (non-hydrogen) atoms. The Kier molecular flexibility index (Phi) is 8.07. The van der Waals surface area contributed by atoms with Crippen molar-refractivity contribution in [3.8, 4) is 17.2 Å². The zero-order valence-electron chi connectivity index (χ0n) is 19.6. The predicted molar refractivity (Wildman–Crippen MR) is 137 cm³/mol. The van der Waals surface area contributed by atoms with E-state index in [2.05, 4.69) is 10.5 Å². The van der Waals surface area contributed by atoms with Gasteiger partial charge in [-0.15, -0.1) is 0 Å². The Morgan fingerprint density at radius 3 is 2.03 bits per heavy atom. The number of nitrogens with one attached hydrogen (secondary N) is 1. The number of benzene rings is 4. The van der Waals surface area contributed by atoms with E-state index in [-0.39, 0.29) is 5.91 Å². The van der Waals surface area contributed by atoms with E-state index in [4.69, 9.17) is 14.2 Å². The number of hydrogen-bond donors (Lipinski definition) is 1. The molecular weight excluding hydrogens is 456 g/mol. The summed E-state index contributed by atoms with van der Waals surface area (Å²) in [6.45, 7) is 0.455. The number of nitrogens with zero attached hydrogens (tertiary/aromatic N) is 1. The Bertz CT molecular complexity index is 1320. The average Bonchev–Trinajstić information content (AvgIpc) is 2.93. The lowest BCUT2D eigenvalue weighted by molar-refractivity contribution is 0.0734. The summed E-state index contributed by atoms with van der Waals surface area (Å²) in [7, 11) is 1.56. The largest absolute Gasteiger partial charge is 0.497 e. The Morgan fingerprint density at radius 2 is 1.36 bits per heavy atom. The molecule has 4 rings (SSSR count). The van der Waals surface area contributed by atoms with Crippen LogP contribution in [-0.2, 0) is 6.61 Å². The van der Waals surface area contributed by atoms with Crippen LogP contribution in [0.5, 0.6) is 17.2 Å². The number of esters is 1. The minimum atomic E-state index is -0.470. The molecule has 0 aliphatic carbocycles. The van der Waals surface area contributed by atoms with Crippen LogP contribution in [0.25, 0.3) is 0 Å². The molecule has 4 aromatic rings. The van der Waals surface area contributed by atoms with Crippen LogP contribution in [0.4, 0.5) is 0 Å². The number of methoxy groups -OCH3 is 1. The molecule has 0 bridgehead atoms. The summed E-state index contributed by atoms with van der Waals surface area (Å²) in [4.78, 5) is 24.6. The molecule has 0 aliphatic rings. The zero-order valence-corrected chi connectivity index (χ0v) is 19.6. The maximum Gasteiger partial charge on any atom is 0.343 e. The van der Waals surface area contributed by atoms with Crippen molar-refractivity contribution in [1.82, 2.24) is 5.43 Å². The Balaban J connectivity index is 1.25. The van der Waals surface area contributed by atoms with Crippen molar-refractivity contribution in [2.75, 3.05) is 7.11 Å². The molecule has 0 saturated heterocycles. The molecule has 180 valence electrons. The molecule has 0 radical (unpaired) electrons. The maximum absolute atomic E-state index is 12.3. The lowest BCUT2D eigenvalue weighted by Gasteiger charge is -2.07. The second-order valence-corrected chi connectivity index (χ2v) is 7.68. The number of hydrogen-bond acceptors (Lipinski definition) is 6. The highest BCUT2D eigenvalue weighted by atomic mass is 16.5. The van der Waals surface area contributed by atoms with Crippen molar-refractivity contribution in [2.45, 2.75) is 6.61 Å². The summed E-state index contributed by atoms with van der Waals surface area (Å²) in [5.41, 5.74) is 5.16. The van der Waals surface area contributed by atoms with Crippen molar-refractivity contribution in [3.63, 3.8) is 0 Å². The van der Waals surface area contributed by atoms with Crippen LogP contribution in [0.3, 0.4) is 0 Å². The second-order valence-electron chi connectivity index (χ2n) is 7.68. The fraction of sp³-hybridized carbons (Fsp3) is 0.0690. The van der Waals surface area contributed by atoms with Crippen molar-refractivity contribution in [1.29, 1.82) is 0 Å². The number of carbonyl (C=O) groups excluding carboxylic acids is 2. The van der Waals surface area contributed by atoms with Gasteiger partial charge in [0.25, 0.3) is 5.91 Å². The van der Waals surface area contributed by atoms with Gasteiger partial charge < -0.3 is 14.2 Å². The summed E-state index contributed by atoms with van der Waals surface area (Å²) < 4.78 is 16.2. The van der Waals surface area contributed by atoms with E-state index in [0.717, 1.165) is 11.1 Å². The van der Waals surface area contributed by atoms with Crippen molar-refractivity contribution in [2.24, 2.45) is 5.10 Å². The van der Waals surface area contributed by atoms with E-state index in [0.29, 0.717) is 35.0 Å². The van der Waals surface area contributed by atoms with Gasteiger partial charge in [-0.05, 0) is 83.9 Å². The van der Waals surface area contributed by atoms with Crippen molar-refractivity contribution >= 4 is 18.1 Å². The Morgan fingerprint density at radius 1 is 0.750 bits per heavy atom. The quantitative estimate of drug-likeness (QED) is 0.153. The van der Waals surface area contributed by atoms with Gasteiger partial charge in [-0.1, -0.05) is 30.3 Å². The standard InChI is InChI=1S/C29H24N2O5/c1-34-25-15-11-24(12-16-25)29(33)36-27-13-7-21(8-14-27)19-30-31-28(32)23-9-17-26(18-10-23)35-20-22-5-3-2-4-6-22/h2-19H,20H2,1H3,(H,31,32)/b30-19+. The van der Waals surface area contributed by atoms with Gasteiger partial charge in [0.1, 0.15) is 23.9 Å². The van der Waals surface area contributed by atoms with E-state index >= 15 is 0 Å². The van der Waals surface area contributed by atoms with Crippen molar-refractivity contribution in [3.05, 3.63) is 125 Å². The molecule has 7 heteroatoms. The first kappa shape index (κ1) is 24.2. The Labute approximate surface area is 209 Å². The van der Waals surface area contributed by atoms with Gasteiger partial charge in [0, 0.05) is 5.56 Å². The summed E-state index contributed by atoms with van der Waals surface area (Å²) >= 11 is 0. The normalized spacial score (nSPS) is 10.6. The van der Waals surface area contributed by atoms with E-state index in [1.54, 1.807) is 79.9 Å². The molecule has 0 fully saturated rings. The minimum Gasteiger partial charge on any atom is -0.497 e. The smallest absolute Gasteiger partial charge is 0.343 e. The van der Waals surface area contributed by atoms with E-state index in [9.17, 15) is 9.59 Å². The minimum absolute atomic E-state index is 0.342. The number of ether oxygens (including phenoxy) is 3. The van der Waals surface area contributed by atoms with E-state index in [1.165, 1.54) is 6.21 Å². The summed E-state index contributed by atoms with van der Waals surface area (Å²) in [6, 6.07) is 30.1. The predicted octanol–water partition coefficient (Wildman–Crippen LogP) is 5.26. The topological polar surface area (TPSA) is 86.2 Å². The van der Waals surface area contributed by atoms with Gasteiger partial charge in [-0.2, -0.15) is 5.10 Å². The highest BCUT2D eigenvalue weighted by Crippen LogP contribution is 2.17. The van der Waals surface area contributed by atoms with Crippen LogP contribution in [0, 0.1) is 0 Å². The summed E-state index contributed by atoms with van der Waals surface area (Å²) in [6.07, 6.45) is 1.50. The third kappa shape index (κ3) is 6.80. The average molecular weight is 481 g/mol. The van der Waals surface area contributed by atoms with E-state index < -0.39 is 5.97 Å². The van der Waals surface area contributed by atoms with Crippen LogP contribution in [-0.4, -0.2) is 25.2 Å². The molecule has 0 spiro atoms. The van der Waals surface area contributed by atoms with Gasteiger partial charge in [0.2, 0.25) is 0 Å². The maximum atomic E-state index is 12.3. The third-order valence-electron chi connectivity index (χ3n) is 5.16. The first-order chi connectivity index (χ1) is 17.6. The Hall–Kier alpha value is -4.91. The molecule has 0 aliphatic heterocycles. The fourth-order valence-corrected chi connectivity index (χ4v) is 3.19. The van der Waals surface area contributed by atoms with Gasteiger partial charge in [0.15, 0.2) is 0 Å². The van der Waals surface area contributed by atoms with Gasteiger partial charge in [0.05, 0.1) is 18.9 Å². The van der Waals surface area contributed by atoms with E-state index in [1.807, 2.05) is 30.3 Å². The van der Waals surface area contributed by atoms with Crippen LogP contribution in [0.2, 0.25) is 0 Å². The zero-order chi connectivity index (χ0) is 25.2. The monoisotopic (exact) mass is 480 g/mol. The number of amides is 1. The number of carbonyl (C=O) groups is 2. The van der Waals surface area contributed by atoms with Crippen molar-refractivity contribution < 1.29 is 23.8 Å². The van der Waals surface area contributed by atoms with Gasteiger partial charge in [-0.3, -0.25) is 4.79 Å². The molecule has 0 atom stereocenters. The lowest BCUT2D eigenvalue weighted by Crippen LogP contribution is -2.17. The highest BCUT2D eigenvalue weighted by molar-refractivity contribution is 5.95. The molecule has 0 aromatic heterocycles. The molecule has 0 saturated carbocycles. The molecule has 7 nitrogen and oxygen atoms in total. The van der Waals surface area contributed by atoms with Crippen LogP contribution < -0.4 is 19.6 Å². The summed E-state index contributed by atoms with van der Waals surface area (Å²) in [5, 5.41) is 4.00. The number of rotatable bonds is 9. The molecule has 0 heterocycles. The molecule has 0 unspecified atom stereocenters. The summed E-state index contributed by atoms with van der Waals surface area (Å²) in [5.74, 6) is 0.916.